The molecule has 0 bridgehead atoms. The second-order valence-corrected chi connectivity index (χ2v) is 5.06. The Balaban J connectivity index is 2.13. The minimum atomic E-state index is -0.793. The Morgan fingerprint density at radius 3 is 2.33 bits per heavy atom. The molecule has 2 aromatic carbocycles. The van der Waals surface area contributed by atoms with Crippen LogP contribution in [0.2, 0.25) is 0 Å². The lowest BCUT2D eigenvalue weighted by molar-refractivity contribution is 0.0470. The Morgan fingerprint density at radius 1 is 1.10 bits per heavy atom. The second kappa shape index (κ2) is 6.17. The van der Waals surface area contributed by atoms with Gasteiger partial charge in [-0.3, -0.25) is 0 Å². The highest BCUT2D eigenvalue weighted by Gasteiger charge is 2.15. The molecule has 3 nitrogen and oxygen atoms in total. The smallest absolute Gasteiger partial charge is 0.339 e. The summed E-state index contributed by atoms with van der Waals surface area (Å²) >= 11 is 3.01. The molecule has 0 saturated heterocycles. The number of rotatable bonds is 3. The van der Waals surface area contributed by atoms with Crippen molar-refractivity contribution in [3.05, 3.63) is 63.4 Å². The summed E-state index contributed by atoms with van der Waals surface area (Å²) in [5.74, 6) is -3.01. The van der Waals surface area contributed by atoms with Crippen LogP contribution in [0.5, 0.6) is 0 Å². The number of hydrogen-bond donors (Lipinski definition) is 1. The average molecular weight is 360 g/mol. The lowest BCUT2D eigenvalue weighted by atomic mass is 10.2. The van der Waals surface area contributed by atoms with Gasteiger partial charge in [0, 0.05) is 10.5 Å². The molecular weight excluding hydrogens is 351 g/mol. The van der Waals surface area contributed by atoms with Crippen molar-refractivity contribution in [2.45, 2.75) is 6.61 Å². The van der Waals surface area contributed by atoms with E-state index in [-0.39, 0.29) is 27.9 Å². The lowest BCUT2D eigenvalue weighted by Crippen LogP contribution is -2.08. The molecule has 21 heavy (non-hydrogen) atoms. The Labute approximate surface area is 126 Å². The molecule has 110 valence electrons. The molecule has 0 spiro atoms. The maximum absolute atomic E-state index is 13.2. The maximum Gasteiger partial charge on any atom is 0.339 e. The molecule has 0 aliphatic carbocycles. The fraction of sp³-hybridized carbons (Fsp3) is 0.0714. The van der Waals surface area contributed by atoms with Gasteiger partial charge in [0.05, 0.1) is 11.3 Å². The molecule has 2 N–H and O–H groups in total. The van der Waals surface area contributed by atoms with Gasteiger partial charge in [-0.1, -0.05) is 0 Å². The van der Waals surface area contributed by atoms with E-state index in [0.29, 0.717) is 6.07 Å². The van der Waals surface area contributed by atoms with Crippen molar-refractivity contribution in [1.29, 1.82) is 0 Å². The van der Waals surface area contributed by atoms with Crippen molar-refractivity contribution in [3.63, 3.8) is 0 Å². The first kappa shape index (κ1) is 15.4. The molecule has 0 aliphatic heterocycles. The zero-order valence-corrected chi connectivity index (χ0v) is 12.1. The molecule has 2 aromatic rings. The van der Waals surface area contributed by atoms with Crippen LogP contribution in [0.4, 0.5) is 18.9 Å². The van der Waals surface area contributed by atoms with Crippen molar-refractivity contribution in [3.8, 4) is 0 Å². The summed E-state index contributed by atoms with van der Waals surface area (Å²) < 4.78 is 44.2. The number of carbonyl (C=O) groups is 1. The van der Waals surface area contributed by atoms with E-state index in [4.69, 9.17) is 10.5 Å². The molecule has 0 saturated carbocycles. The largest absolute Gasteiger partial charge is 0.457 e. The van der Waals surface area contributed by atoms with Crippen LogP contribution in [0.25, 0.3) is 0 Å². The van der Waals surface area contributed by atoms with Crippen LogP contribution >= 0.6 is 15.9 Å². The second-order valence-electron chi connectivity index (χ2n) is 4.21. The summed E-state index contributed by atoms with van der Waals surface area (Å²) in [6.45, 7) is -0.322. The van der Waals surface area contributed by atoms with Crippen molar-refractivity contribution in [2.24, 2.45) is 0 Å². The van der Waals surface area contributed by atoms with Gasteiger partial charge in [0.2, 0.25) is 0 Å². The third kappa shape index (κ3) is 3.75. The monoisotopic (exact) mass is 359 g/mol. The maximum atomic E-state index is 13.2. The van der Waals surface area contributed by atoms with Gasteiger partial charge in [-0.25, -0.2) is 18.0 Å². The highest BCUT2D eigenvalue weighted by atomic mass is 79.9. The zero-order chi connectivity index (χ0) is 15.6. The molecule has 0 heterocycles. The van der Waals surface area contributed by atoms with Gasteiger partial charge < -0.3 is 10.5 Å². The van der Waals surface area contributed by atoms with Crippen LogP contribution < -0.4 is 5.73 Å². The highest BCUT2D eigenvalue weighted by molar-refractivity contribution is 9.10. The van der Waals surface area contributed by atoms with Crippen molar-refractivity contribution in [1.82, 2.24) is 0 Å². The van der Waals surface area contributed by atoms with E-state index in [9.17, 15) is 18.0 Å². The molecule has 0 radical (unpaired) electrons. The number of ether oxygens (including phenoxy) is 1. The fourth-order valence-electron chi connectivity index (χ4n) is 1.64. The number of halogens is 4. The Morgan fingerprint density at radius 2 is 1.71 bits per heavy atom. The molecule has 2 rings (SSSR count). The summed E-state index contributed by atoms with van der Waals surface area (Å²) in [7, 11) is 0. The topological polar surface area (TPSA) is 52.3 Å². The van der Waals surface area contributed by atoms with E-state index in [1.807, 2.05) is 0 Å². The molecule has 0 aromatic heterocycles. The molecule has 0 atom stereocenters. The van der Waals surface area contributed by atoms with Crippen LogP contribution in [-0.2, 0) is 11.3 Å². The minimum absolute atomic E-state index is 0.0192. The highest BCUT2D eigenvalue weighted by Crippen LogP contribution is 2.24. The Hall–Kier alpha value is -2.02. The summed E-state index contributed by atoms with van der Waals surface area (Å²) in [5.41, 5.74) is 5.34. The number of hydrogen-bond acceptors (Lipinski definition) is 3. The number of anilines is 1. The van der Waals surface area contributed by atoms with Gasteiger partial charge in [-0.15, -0.1) is 0 Å². The minimum Gasteiger partial charge on any atom is -0.457 e. The fourth-order valence-corrected chi connectivity index (χ4v) is 2.12. The van der Waals surface area contributed by atoms with Crippen molar-refractivity contribution in [2.75, 3.05) is 5.73 Å². The standard InChI is InChI=1S/C14H9BrF3NO2/c15-11-5-12(18)13(19)4-10(11)14(20)21-6-7-1-8(16)3-9(17)2-7/h1-5H,6,19H2. The summed E-state index contributed by atoms with van der Waals surface area (Å²) in [5, 5.41) is 0. The quantitative estimate of drug-likeness (QED) is 0.669. The van der Waals surface area contributed by atoms with Crippen LogP contribution in [0.1, 0.15) is 15.9 Å². The summed E-state index contributed by atoms with van der Waals surface area (Å²) in [6.07, 6.45) is 0. The Bertz CT molecular complexity index is 687. The van der Waals surface area contributed by atoms with E-state index in [1.54, 1.807) is 0 Å². The van der Waals surface area contributed by atoms with Crippen molar-refractivity contribution >= 4 is 27.6 Å². The molecular formula is C14H9BrF3NO2. The SMILES string of the molecule is Nc1cc(C(=O)OCc2cc(F)cc(F)c2)c(Br)cc1F. The predicted octanol–water partition coefficient (Wildman–Crippen LogP) is 3.81. The van der Waals surface area contributed by atoms with Gasteiger partial charge in [-0.2, -0.15) is 0 Å². The molecule has 0 aliphatic rings. The summed E-state index contributed by atoms with van der Waals surface area (Å²) in [4.78, 5) is 11.9. The normalized spacial score (nSPS) is 10.5. The molecule has 0 fully saturated rings. The first-order valence-electron chi connectivity index (χ1n) is 5.73. The van der Waals surface area contributed by atoms with Gasteiger partial charge in [0.1, 0.15) is 24.1 Å². The van der Waals surface area contributed by atoms with E-state index in [0.717, 1.165) is 24.3 Å². The van der Waals surface area contributed by atoms with Crippen LogP contribution in [0.15, 0.2) is 34.8 Å². The van der Waals surface area contributed by atoms with E-state index < -0.39 is 23.4 Å². The zero-order valence-electron chi connectivity index (χ0n) is 10.5. The first-order valence-corrected chi connectivity index (χ1v) is 6.52. The number of nitrogen functional groups attached to an aromatic ring is 1. The van der Waals surface area contributed by atoms with Crippen LogP contribution in [-0.4, -0.2) is 5.97 Å². The van der Waals surface area contributed by atoms with Gasteiger partial charge in [0.25, 0.3) is 0 Å². The lowest BCUT2D eigenvalue weighted by Gasteiger charge is -2.08. The third-order valence-electron chi connectivity index (χ3n) is 2.60. The van der Waals surface area contributed by atoms with E-state index >= 15 is 0 Å². The molecule has 0 amide bonds. The number of esters is 1. The number of carbonyl (C=O) groups excluding carboxylic acids is 1. The number of nitrogens with two attached hydrogens (primary N) is 1. The van der Waals surface area contributed by atoms with E-state index in [2.05, 4.69) is 15.9 Å². The van der Waals surface area contributed by atoms with Gasteiger partial charge in [0.15, 0.2) is 0 Å². The number of benzene rings is 2. The Kier molecular flexibility index (Phi) is 4.52. The first-order chi connectivity index (χ1) is 9.86. The summed E-state index contributed by atoms with van der Waals surface area (Å²) in [6, 6.07) is 4.96. The van der Waals surface area contributed by atoms with Gasteiger partial charge >= 0.3 is 5.97 Å². The van der Waals surface area contributed by atoms with E-state index in [1.165, 1.54) is 0 Å². The van der Waals surface area contributed by atoms with Crippen molar-refractivity contribution < 1.29 is 22.7 Å². The predicted molar refractivity (Wildman–Crippen MR) is 74.0 cm³/mol. The van der Waals surface area contributed by atoms with Gasteiger partial charge in [-0.05, 0) is 45.8 Å². The third-order valence-corrected chi connectivity index (χ3v) is 3.25. The molecule has 0 unspecified atom stereocenters. The average Bonchev–Trinajstić information content (AvgIpc) is 2.39. The molecule has 7 heteroatoms. The van der Waals surface area contributed by atoms with Crippen LogP contribution in [0, 0.1) is 17.5 Å². The van der Waals surface area contributed by atoms with Crippen LogP contribution in [0.3, 0.4) is 0 Å².